The molecule has 0 aromatic heterocycles. The van der Waals surface area contributed by atoms with Gasteiger partial charge in [-0.15, -0.1) is 0 Å². The van der Waals surface area contributed by atoms with Crippen LogP contribution in [0.1, 0.15) is 43.7 Å². The molecule has 2 amide bonds. The number of carbonyl (C=O) groups is 2. The van der Waals surface area contributed by atoms with Crippen molar-refractivity contribution < 1.29 is 28.9 Å². The highest BCUT2D eigenvalue weighted by atomic mass is 35.5. The second kappa shape index (κ2) is 15.8. The van der Waals surface area contributed by atoms with Crippen molar-refractivity contribution in [2.45, 2.75) is 57.8 Å². The van der Waals surface area contributed by atoms with Crippen LogP contribution in [0.15, 0.2) is 42.5 Å². The zero-order valence-corrected chi connectivity index (χ0v) is 23.2. The maximum atomic E-state index is 13.0. The lowest BCUT2D eigenvalue weighted by Gasteiger charge is -2.25. The average molecular weight is 568 g/mol. The molecule has 8 nitrogen and oxygen atoms in total. The molecule has 0 spiro atoms. The van der Waals surface area contributed by atoms with Crippen molar-refractivity contribution in [2.75, 3.05) is 32.9 Å². The topological polar surface area (TPSA) is 97.3 Å². The van der Waals surface area contributed by atoms with E-state index < -0.39 is 12.1 Å². The molecule has 38 heavy (non-hydrogen) atoms. The van der Waals surface area contributed by atoms with Crippen LogP contribution in [-0.4, -0.2) is 67.1 Å². The Morgan fingerprint density at radius 1 is 1.03 bits per heavy atom. The fraction of sp³-hybridized carbons (Fsp3) is 0.500. The number of ether oxygens (including phenoxy) is 3. The summed E-state index contributed by atoms with van der Waals surface area (Å²) in [6, 6.07) is 12.6. The Kier molecular flexibility index (Phi) is 12.5. The summed E-state index contributed by atoms with van der Waals surface area (Å²) >= 11 is 12.1. The van der Waals surface area contributed by atoms with Crippen LogP contribution in [-0.2, 0) is 27.3 Å². The van der Waals surface area contributed by atoms with Crippen LogP contribution in [0.3, 0.4) is 0 Å². The van der Waals surface area contributed by atoms with Gasteiger partial charge in [-0.2, -0.15) is 0 Å². The van der Waals surface area contributed by atoms with Crippen LogP contribution in [0.2, 0.25) is 10.0 Å². The van der Waals surface area contributed by atoms with Gasteiger partial charge in [0.2, 0.25) is 0 Å². The molecular weight excluding hydrogens is 531 g/mol. The number of aliphatic carboxylic acids is 1. The minimum Gasteiger partial charge on any atom is -0.492 e. The van der Waals surface area contributed by atoms with Crippen molar-refractivity contribution in [3.63, 3.8) is 0 Å². The molecule has 1 atom stereocenters. The predicted molar refractivity (Wildman–Crippen MR) is 147 cm³/mol. The first-order valence-corrected chi connectivity index (χ1v) is 13.7. The molecule has 0 heterocycles. The van der Waals surface area contributed by atoms with E-state index in [9.17, 15) is 14.7 Å². The highest BCUT2D eigenvalue weighted by molar-refractivity contribution is 6.34. The van der Waals surface area contributed by atoms with Crippen LogP contribution in [0, 0.1) is 0 Å². The van der Waals surface area contributed by atoms with Crippen LogP contribution in [0.25, 0.3) is 0 Å². The van der Waals surface area contributed by atoms with Crippen LogP contribution >= 0.6 is 23.2 Å². The molecular formula is C28H36Cl2N2O6. The Bertz CT molecular complexity index is 1010. The molecule has 208 valence electrons. The van der Waals surface area contributed by atoms with Crippen LogP contribution < -0.4 is 10.1 Å². The maximum absolute atomic E-state index is 13.0. The minimum absolute atomic E-state index is 0.124. The fourth-order valence-electron chi connectivity index (χ4n) is 4.34. The third-order valence-electron chi connectivity index (χ3n) is 6.28. The molecule has 2 aromatic rings. The number of carbonyl (C=O) groups excluding carboxylic acids is 1. The first-order valence-electron chi connectivity index (χ1n) is 13.0. The number of hydrogen-bond donors (Lipinski definition) is 2. The van der Waals surface area contributed by atoms with Gasteiger partial charge in [-0.1, -0.05) is 48.2 Å². The molecule has 10 heteroatoms. The minimum atomic E-state index is -0.983. The second-order valence-corrected chi connectivity index (χ2v) is 10.1. The highest BCUT2D eigenvalue weighted by Gasteiger charge is 2.21. The van der Waals surface area contributed by atoms with Gasteiger partial charge in [0.05, 0.1) is 19.8 Å². The van der Waals surface area contributed by atoms with Gasteiger partial charge in [-0.3, -0.25) is 0 Å². The lowest BCUT2D eigenvalue weighted by molar-refractivity contribution is -0.149. The second-order valence-electron chi connectivity index (χ2n) is 9.23. The van der Waals surface area contributed by atoms with E-state index >= 15 is 0 Å². The summed E-state index contributed by atoms with van der Waals surface area (Å²) in [6.45, 7) is 3.89. The van der Waals surface area contributed by atoms with Gasteiger partial charge in [0.1, 0.15) is 12.4 Å². The molecule has 1 unspecified atom stereocenters. The van der Waals surface area contributed by atoms with Gasteiger partial charge in [0.15, 0.2) is 6.10 Å². The van der Waals surface area contributed by atoms with E-state index in [0.717, 1.165) is 36.8 Å². The van der Waals surface area contributed by atoms with Crippen LogP contribution in [0.4, 0.5) is 4.79 Å². The van der Waals surface area contributed by atoms with E-state index in [2.05, 4.69) is 5.32 Å². The number of nitrogens with one attached hydrogen (secondary N) is 1. The van der Waals surface area contributed by atoms with Crippen molar-refractivity contribution in [1.29, 1.82) is 0 Å². The Morgan fingerprint density at radius 2 is 1.68 bits per heavy atom. The first-order chi connectivity index (χ1) is 18.3. The molecule has 1 aliphatic rings. The Balaban J connectivity index is 1.49. The summed E-state index contributed by atoms with van der Waals surface area (Å²) < 4.78 is 16.9. The smallest absolute Gasteiger partial charge is 0.333 e. The van der Waals surface area contributed by atoms with Crippen molar-refractivity contribution in [3.05, 3.63) is 63.6 Å². The summed E-state index contributed by atoms with van der Waals surface area (Å²) in [6.07, 6.45) is 3.66. The normalized spacial score (nSPS) is 14.3. The standard InChI is InChI=1S/C28H36Cl2N2O6/c1-2-37-26(27(33)34)17-20-7-9-25(10-8-20)38-14-12-32(28(35)31-24-5-3-4-6-24)11-13-36-19-21-15-22(29)18-23(30)16-21/h7-10,15-16,18,24,26H,2-6,11-14,17,19H2,1H3,(H,31,35)(H,33,34). The summed E-state index contributed by atoms with van der Waals surface area (Å²) in [5.74, 6) is -0.342. The Labute approximate surface area is 234 Å². The van der Waals surface area contributed by atoms with E-state index in [-0.39, 0.29) is 18.5 Å². The molecule has 0 bridgehead atoms. The van der Waals surface area contributed by atoms with Crippen molar-refractivity contribution in [1.82, 2.24) is 10.2 Å². The maximum Gasteiger partial charge on any atom is 0.333 e. The van der Waals surface area contributed by atoms with E-state index in [0.29, 0.717) is 55.3 Å². The zero-order chi connectivity index (χ0) is 27.3. The van der Waals surface area contributed by atoms with Crippen molar-refractivity contribution in [3.8, 4) is 5.75 Å². The van der Waals surface area contributed by atoms with E-state index in [1.807, 2.05) is 12.1 Å². The van der Waals surface area contributed by atoms with Gasteiger partial charge < -0.3 is 29.5 Å². The first kappa shape index (κ1) is 30.0. The molecule has 1 fully saturated rings. The molecule has 0 aliphatic heterocycles. The predicted octanol–water partition coefficient (Wildman–Crippen LogP) is 5.58. The summed E-state index contributed by atoms with van der Waals surface area (Å²) in [5, 5.41) is 13.5. The third-order valence-corrected chi connectivity index (χ3v) is 6.72. The van der Waals surface area contributed by atoms with Crippen molar-refractivity contribution >= 4 is 35.2 Å². The van der Waals surface area contributed by atoms with Gasteiger partial charge in [0.25, 0.3) is 0 Å². The van der Waals surface area contributed by atoms with Gasteiger partial charge >= 0.3 is 12.0 Å². The number of carboxylic acids is 1. The highest BCUT2D eigenvalue weighted by Crippen LogP contribution is 2.20. The largest absolute Gasteiger partial charge is 0.492 e. The number of urea groups is 1. The SMILES string of the molecule is CCOC(Cc1ccc(OCCN(CCOCc2cc(Cl)cc(Cl)c2)C(=O)NC2CCCC2)cc1)C(=O)O. The summed E-state index contributed by atoms with van der Waals surface area (Å²) in [5.41, 5.74) is 1.71. The average Bonchev–Trinajstić information content (AvgIpc) is 3.38. The molecule has 3 rings (SSSR count). The number of benzene rings is 2. The number of amides is 2. The van der Waals surface area contributed by atoms with E-state index in [1.165, 1.54) is 0 Å². The lowest BCUT2D eigenvalue weighted by atomic mass is 10.1. The van der Waals surface area contributed by atoms with Gasteiger partial charge in [-0.25, -0.2) is 9.59 Å². The van der Waals surface area contributed by atoms with E-state index in [4.69, 9.17) is 37.4 Å². The third kappa shape index (κ3) is 10.3. The number of hydrogen-bond acceptors (Lipinski definition) is 5. The van der Waals surface area contributed by atoms with Crippen LogP contribution in [0.5, 0.6) is 5.75 Å². The van der Waals surface area contributed by atoms with Gasteiger partial charge in [-0.05, 0) is 61.2 Å². The quantitative estimate of drug-likeness (QED) is 0.273. The molecule has 0 saturated heterocycles. The zero-order valence-electron chi connectivity index (χ0n) is 21.7. The molecule has 2 N–H and O–H groups in total. The Morgan fingerprint density at radius 3 is 2.32 bits per heavy atom. The number of rotatable bonds is 15. The van der Waals surface area contributed by atoms with E-state index in [1.54, 1.807) is 42.2 Å². The molecule has 0 radical (unpaired) electrons. The fourth-order valence-corrected chi connectivity index (χ4v) is 4.91. The molecule has 1 saturated carbocycles. The summed E-state index contributed by atoms with van der Waals surface area (Å²) in [4.78, 5) is 26.0. The molecule has 1 aliphatic carbocycles. The number of halogens is 2. The Hall–Kier alpha value is -2.52. The monoisotopic (exact) mass is 566 g/mol. The van der Waals surface area contributed by atoms with Crippen molar-refractivity contribution in [2.24, 2.45) is 0 Å². The summed E-state index contributed by atoms with van der Waals surface area (Å²) in [7, 11) is 0. The number of nitrogens with zero attached hydrogens (tertiary/aromatic N) is 1. The number of carboxylic acid groups (broad SMARTS) is 1. The lowest BCUT2D eigenvalue weighted by Crippen LogP contribution is -2.46. The van der Waals surface area contributed by atoms with Gasteiger partial charge in [0, 0.05) is 35.7 Å². The molecule has 2 aromatic carbocycles.